The van der Waals surface area contributed by atoms with Gasteiger partial charge in [-0.25, -0.2) is 9.78 Å². The predicted molar refractivity (Wildman–Crippen MR) is 105 cm³/mol. The van der Waals surface area contributed by atoms with Gasteiger partial charge >= 0.3 is 5.97 Å². The first kappa shape index (κ1) is 22.8. The van der Waals surface area contributed by atoms with Crippen molar-refractivity contribution in [1.82, 2.24) is 20.6 Å². The number of hydrogen-bond acceptors (Lipinski definition) is 7. The molecule has 4 atom stereocenters. The van der Waals surface area contributed by atoms with E-state index in [1.165, 1.54) is 31.6 Å². The van der Waals surface area contributed by atoms with E-state index in [0.29, 0.717) is 11.3 Å². The molecule has 2 aromatic rings. The molecule has 0 spiro atoms. The van der Waals surface area contributed by atoms with Crippen molar-refractivity contribution < 1.29 is 29.7 Å². The van der Waals surface area contributed by atoms with E-state index in [1.54, 1.807) is 12.1 Å². The highest BCUT2D eigenvalue weighted by atomic mass is 16.4. The standard InChI is InChI=1S/C19H25N5O6/c1-10(25)16(19(29)30)24-18(28)15(7-12-8-21-9-22-12)23-17(27)14(20)6-11-2-4-13(26)5-3-11/h2-5,8-10,14-16,25-26H,6-7,20H2,1H3,(H,21,22)(H,23,27)(H,24,28)(H,29,30). The van der Waals surface area contributed by atoms with Crippen LogP contribution in [0.3, 0.4) is 0 Å². The highest BCUT2D eigenvalue weighted by Crippen LogP contribution is 2.11. The Bertz CT molecular complexity index is 853. The molecule has 1 heterocycles. The number of aromatic hydroxyl groups is 1. The van der Waals surface area contributed by atoms with Crippen LogP contribution in [0.25, 0.3) is 0 Å². The van der Waals surface area contributed by atoms with Crippen molar-refractivity contribution >= 4 is 17.8 Å². The molecular formula is C19H25N5O6. The Balaban J connectivity index is 2.09. The first-order chi connectivity index (χ1) is 14.2. The van der Waals surface area contributed by atoms with E-state index >= 15 is 0 Å². The maximum absolute atomic E-state index is 12.6. The number of nitrogens with one attached hydrogen (secondary N) is 3. The van der Waals surface area contributed by atoms with Crippen LogP contribution in [0, 0.1) is 0 Å². The number of phenolic OH excluding ortho intramolecular Hbond substituents is 1. The monoisotopic (exact) mass is 419 g/mol. The lowest BCUT2D eigenvalue weighted by Crippen LogP contribution is -2.57. The lowest BCUT2D eigenvalue weighted by atomic mass is 10.0. The first-order valence-corrected chi connectivity index (χ1v) is 9.19. The number of benzene rings is 1. The minimum absolute atomic E-state index is 0.00957. The number of nitrogens with two attached hydrogens (primary N) is 1. The molecule has 0 bridgehead atoms. The van der Waals surface area contributed by atoms with Crippen LogP contribution in [-0.2, 0) is 27.2 Å². The van der Waals surface area contributed by atoms with E-state index in [1.807, 2.05) is 0 Å². The molecule has 30 heavy (non-hydrogen) atoms. The van der Waals surface area contributed by atoms with Crippen molar-refractivity contribution in [2.24, 2.45) is 5.73 Å². The summed E-state index contributed by atoms with van der Waals surface area (Å²) >= 11 is 0. The third-order valence-electron chi connectivity index (χ3n) is 4.39. The number of nitrogens with zero attached hydrogens (tertiary/aromatic N) is 1. The normalized spacial score (nSPS) is 14.9. The molecule has 0 aliphatic rings. The van der Waals surface area contributed by atoms with Crippen LogP contribution >= 0.6 is 0 Å². The topological polar surface area (TPSA) is 191 Å². The number of H-pyrrole nitrogens is 1. The van der Waals surface area contributed by atoms with Gasteiger partial charge in [-0.1, -0.05) is 12.1 Å². The zero-order valence-electron chi connectivity index (χ0n) is 16.3. The molecule has 0 aliphatic carbocycles. The number of rotatable bonds is 10. The summed E-state index contributed by atoms with van der Waals surface area (Å²) in [6.45, 7) is 1.23. The predicted octanol–water partition coefficient (Wildman–Crippen LogP) is -1.34. The molecule has 0 saturated heterocycles. The fourth-order valence-corrected chi connectivity index (χ4v) is 2.73. The molecule has 1 aromatic carbocycles. The molecular weight excluding hydrogens is 394 g/mol. The minimum atomic E-state index is -1.54. The summed E-state index contributed by atoms with van der Waals surface area (Å²) in [6, 6.07) is 2.51. The van der Waals surface area contributed by atoms with E-state index in [9.17, 15) is 24.6 Å². The Morgan fingerprint density at radius 2 is 1.80 bits per heavy atom. The van der Waals surface area contributed by atoms with Crippen LogP contribution in [0.5, 0.6) is 5.75 Å². The molecule has 2 amide bonds. The summed E-state index contributed by atoms with van der Waals surface area (Å²) in [4.78, 5) is 43.1. The van der Waals surface area contributed by atoms with Crippen LogP contribution in [0.4, 0.5) is 0 Å². The van der Waals surface area contributed by atoms with Gasteiger partial charge in [0, 0.05) is 18.3 Å². The number of aromatic amines is 1. The maximum atomic E-state index is 12.6. The number of aromatic nitrogens is 2. The highest BCUT2D eigenvalue weighted by molar-refractivity contribution is 5.92. The molecule has 2 rings (SSSR count). The average molecular weight is 419 g/mol. The number of carboxylic acids is 1. The van der Waals surface area contributed by atoms with Crippen molar-refractivity contribution in [2.75, 3.05) is 0 Å². The minimum Gasteiger partial charge on any atom is -0.508 e. The number of carboxylic acid groups (broad SMARTS) is 1. The third-order valence-corrected chi connectivity index (χ3v) is 4.39. The third kappa shape index (κ3) is 6.57. The van der Waals surface area contributed by atoms with E-state index in [-0.39, 0.29) is 18.6 Å². The Labute approximate surface area is 172 Å². The summed E-state index contributed by atoms with van der Waals surface area (Å²) in [5, 5.41) is 32.8. The van der Waals surface area contributed by atoms with Crippen LogP contribution in [0.2, 0.25) is 0 Å². The largest absolute Gasteiger partial charge is 0.508 e. The molecule has 1 aromatic heterocycles. The zero-order chi connectivity index (χ0) is 22.3. The average Bonchev–Trinajstić information content (AvgIpc) is 3.19. The van der Waals surface area contributed by atoms with E-state index in [0.717, 1.165) is 0 Å². The molecule has 0 aliphatic heterocycles. The number of aliphatic carboxylic acids is 1. The van der Waals surface area contributed by atoms with Gasteiger partial charge in [0.1, 0.15) is 11.8 Å². The molecule has 0 saturated carbocycles. The first-order valence-electron chi connectivity index (χ1n) is 9.19. The summed E-state index contributed by atoms with van der Waals surface area (Å²) in [5.74, 6) is -2.73. The Morgan fingerprint density at radius 1 is 1.13 bits per heavy atom. The molecule has 8 N–H and O–H groups in total. The van der Waals surface area contributed by atoms with Crippen molar-refractivity contribution in [1.29, 1.82) is 0 Å². The van der Waals surface area contributed by atoms with Crippen LogP contribution in [0.15, 0.2) is 36.8 Å². The van der Waals surface area contributed by atoms with Gasteiger partial charge in [0.05, 0.1) is 18.5 Å². The van der Waals surface area contributed by atoms with Gasteiger partial charge < -0.3 is 36.7 Å². The maximum Gasteiger partial charge on any atom is 0.328 e. The van der Waals surface area contributed by atoms with E-state index < -0.39 is 42.0 Å². The number of phenols is 1. The van der Waals surface area contributed by atoms with Gasteiger partial charge in [-0.2, -0.15) is 0 Å². The second-order valence-corrected chi connectivity index (χ2v) is 6.88. The molecule has 11 nitrogen and oxygen atoms in total. The quantitative estimate of drug-likeness (QED) is 0.246. The number of carbonyl (C=O) groups excluding carboxylic acids is 2. The summed E-state index contributed by atoms with van der Waals surface area (Å²) in [7, 11) is 0. The molecule has 0 fully saturated rings. The zero-order valence-corrected chi connectivity index (χ0v) is 16.3. The lowest BCUT2D eigenvalue weighted by Gasteiger charge is -2.23. The van der Waals surface area contributed by atoms with Gasteiger partial charge in [0.2, 0.25) is 11.8 Å². The smallest absolute Gasteiger partial charge is 0.328 e. The van der Waals surface area contributed by atoms with Crippen LogP contribution < -0.4 is 16.4 Å². The molecule has 162 valence electrons. The number of imidazole rings is 1. The molecule has 4 unspecified atom stereocenters. The van der Waals surface area contributed by atoms with Gasteiger partial charge in [-0.15, -0.1) is 0 Å². The number of amides is 2. The number of aliphatic hydroxyl groups excluding tert-OH is 1. The number of aliphatic hydroxyl groups is 1. The van der Waals surface area contributed by atoms with Crippen molar-refractivity contribution in [3.63, 3.8) is 0 Å². The van der Waals surface area contributed by atoms with Crippen LogP contribution in [-0.4, -0.2) is 67.3 Å². The SMILES string of the molecule is CC(O)C(NC(=O)C(Cc1cnc[nH]1)NC(=O)C(N)Cc1ccc(O)cc1)C(=O)O. The Morgan fingerprint density at radius 3 is 2.33 bits per heavy atom. The summed E-state index contributed by atoms with van der Waals surface area (Å²) in [6.07, 6.45) is 1.70. The van der Waals surface area contributed by atoms with E-state index in [4.69, 9.17) is 10.8 Å². The second-order valence-electron chi connectivity index (χ2n) is 6.88. The fourth-order valence-electron chi connectivity index (χ4n) is 2.73. The summed E-state index contributed by atoms with van der Waals surface area (Å²) in [5.41, 5.74) is 7.19. The second kappa shape index (κ2) is 10.4. The van der Waals surface area contributed by atoms with Crippen molar-refractivity contribution in [2.45, 2.75) is 44.0 Å². The Kier molecular flexibility index (Phi) is 7.90. The molecule has 0 radical (unpaired) electrons. The summed E-state index contributed by atoms with van der Waals surface area (Å²) < 4.78 is 0. The molecule has 11 heteroatoms. The highest BCUT2D eigenvalue weighted by Gasteiger charge is 2.30. The van der Waals surface area contributed by atoms with Gasteiger partial charge in [-0.05, 0) is 31.0 Å². The van der Waals surface area contributed by atoms with Gasteiger partial charge in [0.15, 0.2) is 6.04 Å². The Hall–Kier alpha value is -3.44. The van der Waals surface area contributed by atoms with E-state index in [2.05, 4.69) is 20.6 Å². The van der Waals surface area contributed by atoms with Crippen molar-refractivity contribution in [3.05, 3.63) is 48.0 Å². The number of hydrogen-bond donors (Lipinski definition) is 7. The fraction of sp³-hybridized carbons (Fsp3) is 0.368. The van der Waals surface area contributed by atoms with Crippen LogP contribution in [0.1, 0.15) is 18.2 Å². The lowest BCUT2D eigenvalue weighted by molar-refractivity contribution is -0.145. The van der Waals surface area contributed by atoms with Crippen molar-refractivity contribution in [3.8, 4) is 5.75 Å². The van der Waals surface area contributed by atoms with Gasteiger partial charge in [0.25, 0.3) is 0 Å². The van der Waals surface area contributed by atoms with Gasteiger partial charge in [-0.3, -0.25) is 9.59 Å². The number of carbonyl (C=O) groups is 3.